The minimum Gasteiger partial charge on any atom is -0.296 e. The first-order valence-corrected chi connectivity index (χ1v) is 3.83. The van der Waals surface area contributed by atoms with Gasteiger partial charge in [-0.3, -0.25) is 4.99 Å². The zero-order chi connectivity index (χ0) is 9.40. The first-order valence-electron chi connectivity index (χ1n) is 3.83. The highest BCUT2D eigenvalue weighted by Gasteiger charge is 1.92. The number of aliphatic imine (C=N–C) groups is 1. The summed E-state index contributed by atoms with van der Waals surface area (Å²) in [6.07, 6.45) is 9.32. The van der Waals surface area contributed by atoms with E-state index < -0.39 is 0 Å². The van der Waals surface area contributed by atoms with Gasteiger partial charge in [-0.2, -0.15) is 0 Å². The van der Waals surface area contributed by atoms with Crippen LogP contribution in [0.3, 0.4) is 0 Å². The van der Waals surface area contributed by atoms with Crippen molar-refractivity contribution < 1.29 is 0 Å². The van der Waals surface area contributed by atoms with Crippen molar-refractivity contribution in [2.24, 2.45) is 4.99 Å². The molecule has 0 fully saturated rings. The normalized spacial score (nSPS) is 12.7. The first-order chi connectivity index (χ1) is 5.76. The maximum Gasteiger partial charge on any atom is 0.0281 e. The Morgan fingerprint density at radius 3 is 2.50 bits per heavy atom. The lowest BCUT2D eigenvalue weighted by Gasteiger charge is -1.98. The van der Waals surface area contributed by atoms with Gasteiger partial charge in [0.1, 0.15) is 0 Å². The molecule has 0 aromatic heterocycles. The second-order valence-corrected chi connectivity index (χ2v) is 2.27. The zero-order valence-corrected chi connectivity index (χ0v) is 7.75. The van der Waals surface area contributed by atoms with Gasteiger partial charge in [0.25, 0.3) is 0 Å². The van der Waals surface area contributed by atoms with Crippen LogP contribution >= 0.6 is 0 Å². The van der Waals surface area contributed by atoms with Crippen LogP contribution in [0, 0.1) is 0 Å². The van der Waals surface area contributed by atoms with Gasteiger partial charge < -0.3 is 0 Å². The molecule has 1 nitrogen and oxygen atoms in total. The Kier molecular flexibility index (Phi) is 5.62. The van der Waals surface area contributed by atoms with Gasteiger partial charge in [-0.05, 0) is 18.1 Å². The van der Waals surface area contributed by atoms with E-state index in [1.807, 2.05) is 25.2 Å². The number of rotatable bonds is 4. The minimum absolute atomic E-state index is 0.899. The number of hydrogen-bond donors (Lipinski definition) is 0. The van der Waals surface area contributed by atoms with Crippen molar-refractivity contribution in [3.8, 4) is 0 Å². The molecule has 0 heterocycles. The molecule has 0 N–H and O–H groups in total. The summed E-state index contributed by atoms with van der Waals surface area (Å²) in [4.78, 5) is 3.89. The van der Waals surface area contributed by atoms with Crippen molar-refractivity contribution >= 4 is 6.21 Å². The van der Waals surface area contributed by atoms with Gasteiger partial charge in [0.2, 0.25) is 0 Å². The van der Waals surface area contributed by atoms with Crippen molar-refractivity contribution in [2.75, 3.05) is 7.05 Å². The molecule has 0 aromatic rings. The van der Waals surface area contributed by atoms with E-state index in [4.69, 9.17) is 0 Å². The summed E-state index contributed by atoms with van der Waals surface area (Å²) >= 11 is 0. The number of allylic oxidation sites excluding steroid dienone is 6. The summed E-state index contributed by atoms with van der Waals surface area (Å²) in [5.74, 6) is 0. The first kappa shape index (κ1) is 10.6. The Morgan fingerprint density at radius 2 is 2.08 bits per heavy atom. The molecule has 0 aliphatic heterocycles. The van der Waals surface area contributed by atoms with Gasteiger partial charge in [0.05, 0.1) is 0 Å². The van der Waals surface area contributed by atoms with Crippen LogP contribution in [-0.2, 0) is 0 Å². The second kappa shape index (κ2) is 6.35. The maximum atomic E-state index is 3.89. The third kappa shape index (κ3) is 3.71. The lowest BCUT2D eigenvalue weighted by Crippen LogP contribution is -1.85. The predicted molar refractivity (Wildman–Crippen MR) is 56.7 cm³/mol. The standard InChI is InChI=1S/C11H15N/c1-5-7-11(8-6-2)10(3)9-12-4/h5-9H,1,3H2,2,4H3/b8-6-,11-7+,12-9?. The van der Waals surface area contributed by atoms with Crippen LogP contribution < -0.4 is 0 Å². The lowest BCUT2D eigenvalue weighted by atomic mass is 10.1. The van der Waals surface area contributed by atoms with E-state index in [1.54, 1.807) is 19.3 Å². The second-order valence-electron chi connectivity index (χ2n) is 2.27. The fourth-order valence-electron chi connectivity index (χ4n) is 0.807. The third-order valence-corrected chi connectivity index (χ3v) is 1.30. The molecule has 0 radical (unpaired) electrons. The Labute approximate surface area is 74.5 Å². The van der Waals surface area contributed by atoms with E-state index in [2.05, 4.69) is 18.2 Å². The number of nitrogens with zero attached hydrogens (tertiary/aromatic N) is 1. The summed E-state index contributed by atoms with van der Waals surface area (Å²) in [5.41, 5.74) is 1.94. The predicted octanol–water partition coefficient (Wildman–Crippen LogP) is 2.93. The van der Waals surface area contributed by atoms with Gasteiger partial charge in [-0.15, -0.1) is 0 Å². The van der Waals surface area contributed by atoms with Crippen LogP contribution in [0.25, 0.3) is 0 Å². The van der Waals surface area contributed by atoms with Gasteiger partial charge in [0, 0.05) is 13.3 Å². The number of hydrogen-bond acceptors (Lipinski definition) is 1. The van der Waals surface area contributed by atoms with Crippen LogP contribution in [-0.4, -0.2) is 13.3 Å². The highest BCUT2D eigenvalue weighted by molar-refractivity contribution is 5.85. The third-order valence-electron chi connectivity index (χ3n) is 1.30. The van der Waals surface area contributed by atoms with Crippen LogP contribution in [0.2, 0.25) is 0 Å². The average Bonchev–Trinajstić information content (AvgIpc) is 2.04. The molecule has 0 atom stereocenters. The topological polar surface area (TPSA) is 12.4 Å². The quantitative estimate of drug-likeness (QED) is 0.444. The SMILES string of the molecule is C=C/C=C(\C=C/C)C(=C)C=NC. The molecule has 0 bridgehead atoms. The summed E-state index contributed by atoms with van der Waals surface area (Å²) in [7, 11) is 1.73. The highest BCUT2D eigenvalue weighted by atomic mass is 14.6. The van der Waals surface area contributed by atoms with Crippen molar-refractivity contribution in [2.45, 2.75) is 6.92 Å². The molecular weight excluding hydrogens is 146 g/mol. The molecule has 0 saturated heterocycles. The minimum atomic E-state index is 0.899. The monoisotopic (exact) mass is 161 g/mol. The Morgan fingerprint density at radius 1 is 1.42 bits per heavy atom. The fourth-order valence-corrected chi connectivity index (χ4v) is 0.807. The van der Waals surface area contributed by atoms with Crippen LogP contribution in [0.1, 0.15) is 6.92 Å². The molecule has 0 unspecified atom stereocenters. The van der Waals surface area contributed by atoms with Gasteiger partial charge in [0.15, 0.2) is 0 Å². The zero-order valence-electron chi connectivity index (χ0n) is 7.75. The van der Waals surface area contributed by atoms with E-state index in [1.165, 1.54) is 0 Å². The highest BCUT2D eigenvalue weighted by Crippen LogP contribution is 2.07. The van der Waals surface area contributed by atoms with Crippen molar-refractivity contribution in [1.29, 1.82) is 0 Å². The molecule has 12 heavy (non-hydrogen) atoms. The fraction of sp³-hybridized carbons (Fsp3) is 0.182. The average molecular weight is 161 g/mol. The van der Waals surface area contributed by atoms with E-state index in [0.717, 1.165) is 11.1 Å². The Balaban J connectivity index is 4.62. The molecule has 0 aliphatic carbocycles. The molecule has 0 aromatic carbocycles. The van der Waals surface area contributed by atoms with E-state index in [-0.39, 0.29) is 0 Å². The van der Waals surface area contributed by atoms with Gasteiger partial charge in [-0.1, -0.05) is 37.5 Å². The summed E-state index contributed by atoms with van der Waals surface area (Å²) in [6, 6.07) is 0. The van der Waals surface area contributed by atoms with Crippen molar-refractivity contribution in [3.63, 3.8) is 0 Å². The molecular formula is C11H15N. The largest absolute Gasteiger partial charge is 0.296 e. The molecule has 0 spiro atoms. The maximum absolute atomic E-state index is 3.89. The Bertz CT molecular complexity index is 242. The molecule has 1 heteroatoms. The van der Waals surface area contributed by atoms with E-state index in [9.17, 15) is 0 Å². The van der Waals surface area contributed by atoms with Crippen molar-refractivity contribution in [3.05, 3.63) is 48.6 Å². The lowest BCUT2D eigenvalue weighted by molar-refractivity contribution is 1.45. The summed E-state index contributed by atoms with van der Waals surface area (Å²) < 4.78 is 0. The van der Waals surface area contributed by atoms with Gasteiger partial charge in [-0.25, -0.2) is 0 Å². The molecule has 0 aliphatic rings. The van der Waals surface area contributed by atoms with Crippen LogP contribution in [0.15, 0.2) is 53.6 Å². The summed E-state index contributed by atoms with van der Waals surface area (Å²) in [5, 5.41) is 0. The van der Waals surface area contributed by atoms with Crippen molar-refractivity contribution in [1.82, 2.24) is 0 Å². The molecule has 0 amide bonds. The molecule has 0 rings (SSSR count). The van der Waals surface area contributed by atoms with E-state index >= 15 is 0 Å². The Hall–Kier alpha value is -1.37. The summed E-state index contributed by atoms with van der Waals surface area (Å²) in [6.45, 7) is 9.46. The molecule has 64 valence electrons. The van der Waals surface area contributed by atoms with Crippen LogP contribution in [0.4, 0.5) is 0 Å². The smallest absolute Gasteiger partial charge is 0.0281 e. The van der Waals surface area contributed by atoms with E-state index in [0.29, 0.717) is 0 Å². The van der Waals surface area contributed by atoms with Gasteiger partial charge >= 0.3 is 0 Å². The van der Waals surface area contributed by atoms with Crippen LogP contribution in [0.5, 0.6) is 0 Å². The molecule has 0 saturated carbocycles.